The summed E-state index contributed by atoms with van der Waals surface area (Å²) in [5.41, 5.74) is 9.99. The van der Waals surface area contributed by atoms with Gasteiger partial charge in [0, 0.05) is 24.2 Å². The van der Waals surface area contributed by atoms with E-state index in [1.807, 2.05) is 0 Å². The first-order chi connectivity index (χ1) is 18.9. The van der Waals surface area contributed by atoms with E-state index in [1.54, 1.807) is 0 Å². The van der Waals surface area contributed by atoms with Gasteiger partial charge < -0.3 is 0 Å². The Kier molecular flexibility index (Phi) is 5.84. The first-order valence-corrected chi connectivity index (χ1v) is 14.2. The van der Waals surface area contributed by atoms with E-state index < -0.39 is 0 Å². The summed E-state index contributed by atoms with van der Waals surface area (Å²) in [5.74, 6) is 0.185. The van der Waals surface area contributed by atoms with Crippen molar-refractivity contribution in [1.82, 2.24) is 9.80 Å². The number of piperidine rings is 2. The summed E-state index contributed by atoms with van der Waals surface area (Å²) in [4.78, 5) is 20.2. The molecule has 0 radical (unpaired) electrons. The van der Waals surface area contributed by atoms with E-state index in [9.17, 15) is 4.79 Å². The summed E-state index contributed by atoms with van der Waals surface area (Å²) in [6.07, 6.45) is 0. The van der Waals surface area contributed by atoms with Gasteiger partial charge in [0.05, 0.1) is 18.5 Å². The van der Waals surface area contributed by atoms with Crippen LogP contribution in [0.25, 0.3) is 0 Å². The van der Waals surface area contributed by atoms with Crippen LogP contribution < -0.4 is 0 Å². The monoisotopic (exact) mass is 512 g/mol. The summed E-state index contributed by atoms with van der Waals surface area (Å²) in [6, 6.07) is 35.8. The number of hydrogen-bond donors (Lipinski definition) is 0. The highest BCUT2D eigenvalue weighted by Gasteiger charge is 2.65. The Morgan fingerprint density at radius 1 is 0.436 bits per heavy atom. The van der Waals surface area contributed by atoms with Crippen LogP contribution in [-0.2, 0) is 4.79 Å². The summed E-state index contributed by atoms with van der Waals surface area (Å²) in [7, 11) is 0. The third kappa shape index (κ3) is 3.91. The Bertz CT molecular complexity index is 1280. The van der Waals surface area contributed by atoms with Gasteiger partial charge in [-0.05, 0) is 49.9 Å². The Balaban J connectivity index is 1.44. The number of carbonyl (C=O) groups excluding carboxylic acids is 1. The second kappa shape index (κ2) is 9.29. The van der Waals surface area contributed by atoms with Crippen molar-refractivity contribution in [1.29, 1.82) is 0 Å². The van der Waals surface area contributed by atoms with Crippen LogP contribution in [0.1, 0.15) is 68.7 Å². The molecule has 3 heteroatoms. The molecule has 4 unspecified atom stereocenters. The normalized spacial score (nSPS) is 31.0. The fourth-order valence-corrected chi connectivity index (χ4v) is 7.55. The number of ketones is 1. The number of nitrogens with zero attached hydrogens (tertiary/aromatic N) is 2. The van der Waals surface area contributed by atoms with Crippen molar-refractivity contribution in [2.45, 2.75) is 51.9 Å². The van der Waals surface area contributed by atoms with Crippen LogP contribution in [0.3, 0.4) is 0 Å². The maximum atomic E-state index is 14.9. The van der Waals surface area contributed by atoms with Gasteiger partial charge in [0.1, 0.15) is 5.78 Å². The standard InChI is InChI=1S/C36H36N2O/c1-22-5-13-26(14-6-22)32-30-33(27-15-7-23(2)8-16-27)38-21-37(32)34(28-17-9-24(3)10-18-28)31(36(30)39)35(38)29-19-11-25(4)12-20-29/h5-20,30-35H,21H2,1-4H3. The molecule has 0 saturated carbocycles. The fourth-order valence-electron chi connectivity index (χ4n) is 7.55. The third-order valence-corrected chi connectivity index (χ3v) is 9.45. The van der Waals surface area contributed by atoms with Crippen molar-refractivity contribution in [3.8, 4) is 0 Å². The molecule has 0 amide bonds. The van der Waals surface area contributed by atoms with Crippen LogP contribution in [-0.4, -0.2) is 22.3 Å². The molecule has 0 aromatic heterocycles. The minimum Gasteiger partial charge on any atom is -0.299 e. The van der Waals surface area contributed by atoms with Gasteiger partial charge in [0.25, 0.3) is 0 Å². The average Bonchev–Trinajstić information content (AvgIpc) is 2.94. The molecule has 4 saturated heterocycles. The number of rotatable bonds is 4. The van der Waals surface area contributed by atoms with Gasteiger partial charge in [-0.3, -0.25) is 14.6 Å². The lowest BCUT2D eigenvalue weighted by atomic mass is 9.60. The van der Waals surface area contributed by atoms with Crippen LogP contribution in [0.5, 0.6) is 0 Å². The van der Waals surface area contributed by atoms with Crippen molar-refractivity contribution >= 4 is 5.78 Å². The lowest BCUT2D eigenvalue weighted by Gasteiger charge is -2.67. The van der Waals surface area contributed by atoms with Crippen molar-refractivity contribution < 1.29 is 4.79 Å². The molecule has 0 N–H and O–H groups in total. The van der Waals surface area contributed by atoms with E-state index in [-0.39, 0.29) is 36.0 Å². The molecule has 39 heavy (non-hydrogen) atoms. The highest BCUT2D eigenvalue weighted by Crippen LogP contribution is 2.64. The maximum absolute atomic E-state index is 14.9. The molecule has 4 aliphatic heterocycles. The van der Waals surface area contributed by atoms with Gasteiger partial charge in [0.15, 0.2) is 0 Å². The molecule has 8 rings (SSSR count). The summed E-state index contributed by atoms with van der Waals surface area (Å²) in [5, 5.41) is 0. The number of Topliss-reactive ketones (excluding diaryl/α,β-unsaturated/α-hetero) is 1. The van der Waals surface area contributed by atoms with E-state index >= 15 is 0 Å². The van der Waals surface area contributed by atoms with Crippen LogP contribution in [0.15, 0.2) is 97.1 Å². The summed E-state index contributed by atoms with van der Waals surface area (Å²) in [6.45, 7) is 9.36. The zero-order valence-corrected chi connectivity index (χ0v) is 23.2. The molecule has 3 nitrogen and oxygen atoms in total. The Morgan fingerprint density at radius 3 is 0.897 bits per heavy atom. The van der Waals surface area contributed by atoms with Gasteiger partial charge in [0.2, 0.25) is 0 Å². The molecule has 4 aliphatic rings. The summed E-state index contributed by atoms with van der Waals surface area (Å²) < 4.78 is 0. The predicted molar refractivity (Wildman–Crippen MR) is 156 cm³/mol. The number of hydrogen-bond acceptors (Lipinski definition) is 3. The van der Waals surface area contributed by atoms with Crippen molar-refractivity contribution in [2.24, 2.45) is 11.8 Å². The topological polar surface area (TPSA) is 23.6 Å². The number of aryl methyl sites for hydroxylation is 4. The molecule has 4 atom stereocenters. The van der Waals surface area contributed by atoms with Gasteiger partial charge in [-0.2, -0.15) is 0 Å². The van der Waals surface area contributed by atoms with Crippen LogP contribution in [0.2, 0.25) is 0 Å². The lowest BCUT2D eigenvalue weighted by Crippen LogP contribution is -2.69. The molecule has 4 fully saturated rings. The molecule has 0 spiro atoms. The molecular formula is C36H36N2O. The highest BCUT2D eigenvalue weighted by atomic mass is 16.1. The van der Waals surface area contributed by atoms with Crippen molar-refractivity contribution in [2.75, 3.05) is 6.67 Å². The van der Waals surface area contributed by atoms with Gasteiger partial charge in [-0.25, -0.2) is 0 Å². The minimum atomic E-state index is -0.113. The predicted octanol–water partition coefficient (Wildman–Crippen LogP) is 7.59. The number of carbonyl (C=O) groups is 1. The van der Waals surface area contributed by atoms with E-state index in [0.29, 0.717) is 5.78 Å². The third-order valence-electron chi connectivity index (χ3n) is 9.45. The molecule has 4 bridgehead atoms. The van der Waals surface area contributed by atoms with E-state index in [1.165, 1.54) is 44.5 Å². The average molecular weight is 513 g/mol. The lowest BCUT2D eigenvalue weighted by molar-refractivity contribution is -0.208. The van der Waals surface area contributed by atoms with Crippen molar-refractivity contribution in [3.63, 3.8) is 0 Å². The van der Waals surface area contributed by atoms with E-state index in [0.717, 1.165) is 6.67 Å². The first-order valence-electron chi connectivity index (χ1n) is 14.2. The molecular weight excluding hydrogens is 476 g/mol. The Hall–Kier alpha value is -3.53. The fraction of sp³-hybridized carbons (Fsp3) is 0.306. The molecule has 196 valence electrons. The van der Waals surface area contributed by atoms with Crippen LogP contribution in [0, 0.1) is 39.5 Å². The van der Waals surface area contributed by atoms with Gasteiger partial charge >= 0.3 is 0 Å². The quantitative estimate of drug-likeness (QED) is 0.281. The Labute approximate surface area is 232 Å². The van der Waals surface area contributed by atoms with Crippen molar-refractivity contribution in [3.05, 3.63) is 142 Å². The number of benzene rings is 4. The zero-order chi connectivity index (χ0) is 26.8. The Morgan fingerprint density at radius 2 is 0.667 bits per heavy atom. The highest BCUT2D eigenvalue weighted by molar-refractivity contribution is 5.89. The zero-order valence-electron chi connectivity index (χ0n) is 23.2. The van der Waals surface area contributed by atoms with Gasteiger partial charge in [-0.15, -0.1) is 0 Å². The smallest absolute Gasteiger partial charge is 0.146 e. The van der Waals surface area contributed by atoms with Gasteiger partial charge in [-0.1, -0.05) is 119 Å². The largest absolute Gasteiger partial charge is 0.299 e. The van der Waals surface area contributed by atoms with Crippen LogP contribution in [0.4, 0.5) is 0 Å². The SMILES string of the molecule is Cc1ccc(C2C3C(=O)C4C(c5ccc(C)cc5)N2CN(C3c2ccc(C)cc2)C4c2ccc(C)cc2)cc1. The molecule has 4 aromatic carbocycles. The first kappa shape index (κ1) is 24.5. The van der Waals surface area contributed by atoms with Crippen LogP contribution >= 0.6 is 0 Å². The molecule has 4 aromatic rings. The van der Waals surface area contributed by atoms with E-state index in [2.05, 4.69) is 135 Å². The maximum Gasteiger partial charge on any atom is 0.146 e. The van der Waals surface area contributed by atoms with E-state index in [4.69, 9.17) is 0 Å². The molecule has 4 heterocycles. The molecule has 0 aliphatic carbocycles. The second-order valence-corrected chi connectivity index (χ2v) is 12.0. The minimum absolute atomic E-state index is 0.0437. The summed E-state index contributed by atoms with van der Waals surface area (Å²) >= 11 is 0. The second-order valence-electron chi connectivity index (χ2n) is 12.0.